The molecule has 2 nitrogen and oxygen atoms in total. The molecule has 1 amide bonds. The van der Waals surface area contributed by atoms with E-state index in [2.05, 4.69) is 5.32 Å². The molecule has 1 atom stereocenters. The molecule has 0 fully saturated rings. The van der Waals surface area contributed by atoms with E-state index in [-0.39, 0.29) is 0 Å². The zero-order valence-electron chi connectivity index (χ0n) is 8.01. The Morgan fingerprint density at radius 2 is 2.13 bits per heavy atom. The molecule has 1 aromatic rings. The van der Waals surface area contributed by atoms with E-state index >= 15 is 0 Å². The maximum absolute atomic E-state index is 11.9. The van der Waals surface area contributed by atoms with Crippen LogP contribution in [0.1, 0.15) is 18.5 Å². The highest BCUT2D eigenvalue weighted by molar-refractivity contribution is 6.30. The summed E-state index contributed by atoms with van der Waals surface area (Å²) in [6.07, 6.45) is -2.99. The van der Waals surface area contributed by atoms with E-state index < -0.39 is 18.4 Å². The molecule has 0 unspecified atom stereocenters. The molecule has 5 heteroatoms. The third kappa shape index (κ3) is 3.47. The lowest BCUT2D eigenvalue weighted by molar-refractivity contribution is -0.132. The zero-order valence-corrected chi connectivity index (χ0v) is 8.76. The third-order valence-corrected chi connectivity index (χ3v) is 2.14. The molecule has 1 rings (SSSR count). The molecular formula is C10H10ClF2NO. The molecule has 0 heterocycles. The van der Waals surface area contributed by atoms with Gasteiger partial charge in [-0.05, 0) is 24.6 Å². The van der Waals surface area contributed by atoms with Gasteiger partial charge >= 0.3 is 6.43 Å². The van der Waals surface area contributed by atoms with Gasteiger partial charge in [-0.3, -0.25) is 4.79 Å². The SMILES string of the molecule is C[C@@H](NC(=O)C(F)F)c1cccc(Cl)c1. The van der Waals surface area contributed by atoms with Gasteiger partial charge in [-0.2, -0.15) is 8.78 Å². The second kappa shape index (κ2) is 5.07. The van der Waals surface area contributed by atoms with Crippen LogP contribution in [0.15, 0.2) is 24.3 Å². The Kier molecular flexibility index (Phi) is 4.03. The summed E-state index contributed by atoms with van der Waals surface area (Å²) in [5.41, 5.74) is 0.691. The van der Waals surface area contributed by atoms with Crippen molar-refractivity contribution in [3.8, 4) is 0 Å². The average molecular weight is 234 g/mol. The number of alkyl halides is 2. The Hall–Kier alpha value is -1.16. The molecule has 0 spiro atoms. The summed E-state index contributed by atoms with van der Waals surface area (Å²) in [7, 11) is 0. The van der Waals surface area contributed by atoms with Gasteiger partial charge in [-0.25, -0.2) is 0 Å². The van der Waals surface area contributed by atoms with Crippen LogP contribution in [0.5, 0.6) is 0 Å². The van der Waals surface area contributed by atoms with Crippen LogP contribution >= 0.6 is 11.6 Å². The second-order valence-corrected chi connectivity index (χ2v) is 3.52. The van der Waals surface area contributed by atoms with E-state index in [0.717, 1.165) is 0 Å². The first-order chi connectivity index (χ1) is 7.00. The predicted molar refractivity (Wildman–Crippen MR) is 54.0 cm³/mol. The molecule has 0 saturated carbocycles. The average Bonchev–Trinajstić information content (AvgIpc) is 2.17. The molecule has 1 N–H and O–H groups in total. The minimum atomic E-state index is -2.99. The summed E-state index contributed by atoms with van der Waals surface area (Å²) in [6, 6.07) is 6.22. The van der Waals surface area contributed by atoms with Crippen molar-refractivity contribution in [3.63, 3.8) is 0 Å². The van der Waals surface area contributed by atoms with Crippen molar-refractivity contribution in [2.45, 2.75) is 19.4 Å². The van der Waals surface area contributed by atoms with E-state index in [1.165, 1.54) is 0 Å². The normalized spacial score (nSPS) is 12.6. The Labute approximate surface area is 91.2 Å². The number of hydrogen-bond acceptors (Lipinski definition) is 1. The van der Waals surface area contributed by atoms with E-state index in [1.54, 1.807) is 31.2 Å². The smallest absolute Gasteiger partial charge is 0.315 e. The number of halogens is 3. The molecule has 15 heavy (non-hydrogen) atoms. The number of nitrogens with one attached hydrogen (secondary N) is 1. The largest absolute Gasteiger partial charge is 0.345 e. The Morgan fingerprint density at radius 1 is 1.47 bits per heavy atom. The molecule has 0 aliphatic rings. The van der Waals surface area contributed by atoms with Crippen LogP contribution in [0, 0.1) is 0 Å². The molecule has 1 aromatic carbocycles. The van der Waals surface area contributed by atoms with Crippen molar-refractivity contribution < 1.29 is 13.6 Å². The molecule has 0 saturated heterocycles. The number of hydrogen-bond donors (Lipinski definition) is 1. The van der Waals surface area contributed by atoms with Crippen LogP contribution in [0.4, 0.5) is 8.78 Å². The van der Waals surface area contributed by atoms with E-state index in [1.807, 2.05) is 0 Å². The number of rotatable bonds is 3. The van der Waals surface area contributed by atoms with Crippen LogP contribution < -0.4 is 5.32 Å². The molecular weight excluding hydrogens is 224 g/mol. The van der Waals surface area contributed by atoms with Crippen molar-refractivity contribution in [1.29, 1.82) is 0 Å². The van der Waals surface area contributed by atoms with Gasteiger partial charge in [-0.15, -0.1) is 0 Å². The van der Waals surface area contributed by atoms with Crippen LogP contribution in [0.2, 0.25) is 5.02 Å². The summed E-state index contributed by atoms with van der Waals surface area (Å²) in [6.45, 7) is 1.62. The predicted octanol–water partition coefficient (Wildman–Crippen LogP) is 2.78. The van der Waals surface area contributed by atoms with Gasteiger partial charge in [0, 0.05) is 5.02 Å². The Balaban J connectivity index is 2.69. The van der Waals surface area contributed by atoms with Crippen LogP contribution in [-0.2, 0) is 4.79 Å². The van der Waals surface area contributed by atoms with Crippen molar-refractivity contribution in [1.82, 2.24) is 5.32 Å². The quantitative estimate of drug-likeness (QED) is 0.855. The van der Waals surface area contributed by atoms with Gasteiger partial charge in [0.05, 0.1) is 6.04 Å². The summed E-state index contributed by atoms with van der Waals surface area (Å²) in [4.78, 5) is 10.7. The highest BCUT2D eigenvalue weighted by atomic mass is 35.5. The first-order valence-corrected chi connectivity index (χ1v) is 4.72. The van der Waals surface area contributed by atoms with Crippen molar-refractivity contribution in [3.05, 3.63) is 34.9 Å². The zero-order chi connectivity index (χ0) is 11.4. The standard InChI is InChI=1S/C10H10ClF2NO/c1-6(14-10(15)9(12)13)7-3-2-4-8(11)5-7/h2-6,9H,1H3,(H,14,15)/t6-/m1/s1. The van der Waals surface area contributed by atoms with Gasteiger partial charge in [-0.1, -0.05) is 23.7 Å². The van der Waals surface area contributed by atoms with Gasteiger partial charge < -0.3 is 5.32 Å². The van der Waals surface area contributed by atoms with Crippen molar-refractivity contribution in [2.24, 2.45) is 0 Å². The van der Waals surface area contributed by atoms with Gasteiger partial charge in [0.25, 0.3) is 5.91 Å². The molecule has 0 aliphatic heterocycles. The topological polar surface area (TPSA) is 29.1 Å². The lowest BCUT2D eigenvalue weighted by Gasteiger charge is -2.13. The Bertz CT molecular complexity index is 357. The lowest BCUT2D eigenvalue weighted by atomic mass is 10.1. The summed E-state index contributed by atoms with van der Waals surface area (Å²) in [5, 5.41) is 2.68. The van der Waals surface area contributed by atoms with Crippen LogP contribution in [-0.4, -0.2) is 12.3 Å². The van der Waals surface area contributed by atoms with Crippen molar-refractivity contribution in [2.75, 3.05) is 0 Å². The highest BCUT2D eigenvalue weighted by Crippen LogP contribution is 2.17. The number of carbonyl (C=O) groups is 1. The molecule has 82 valence electrons. The Morgan fingerprint density at radius 3 is 2.67 bits per heavy atom. The summed E-state index contributed by atoms with van der Waals surface area (Å²) in [5.74, 6) is -1.28. The fourth-order valence-corrected chi connectivity index (χ4v) is 1.33. The van der Waals surface area contributed by atoms with Crippen LogP contribution in [0.25, 0.3) is 0 Å². The number of benzene rings is 1. The second-order valence-electron chi connectivity index (χ2n) is 3.09. The van der Waals surface area contributed by atoms with Gasteiger partial charge in [0.15, 0.2) is 0 Å². The maximum atomic E-state index is 11.9. The van der Waals surface area contributed by atoms with Crippen molar-refractivity contribution >= 4 is 17.5 Å². The van der Waals surface area contributed by atoms with Gasteiger partial charge in [0.1, 0.15) is 0 Å². The minimum Gasteiger partial charge on any atom is -0.345 e. The van der Waals surface area contributed by atoms with E-state index in [0.29, 0.717) is 10.6 Å². The maximum Gasteiger partial charge on any atom is 0.315 e. The summed E-state index contributed by atoms with van der Waals surface area (Å²) < 4.78 is 23.9. The molecule has 0 radical (unpaired) electrons. The monoisotopic (exact) mass is 233 g/mol. The lowest BCUT2D eigenvalue weighted by Crippen LogP contribution is -2.31. The van der Waals surface area contributed by atoms with E-state index in [4.69, 9.17) is 11.6 Å². The number of amides is 1. The van der Waals surface area contributed by atoms with Gasteiger partial charge in [0.2, 0.25) is 0 Å². The fourth-order valence-electron chi connectivity index (χ4n) is 1.14. The summed E-state index contributed by atoms with van der Waals surface area (Å²) >= 11 is 5.73. The molecule has 0 aliphatic carbocycles. The number of carbonyl (C=O) groups excluding carboxylic acids is 1. The highest BCUT2D eigenvalue weighted by Gasteiger charge is 2.17. The first-order valence-electron chi connectivity index (χ1n) is 4.34. The molecule has 0 bridgehead atoms. The van der Waals surface area contributed by atoms with Crippen LogP contribution in [0.3, 0.4) is 0 Å². The first kappa shape index (κ1) is 11.9. The van der Waals surface area contributed by atoms with E-state index in [9.17, 15) is 13.6 Å². The third-order valence-electron chi connectivity index (χ3n) is 1.91. The minimum absolute atomic E-state index is 0.481. The fraction of sp³-hybridized carbons (Fsp3) is 0.300. The molecule has 0 aromatic heterocycles.